The molecule has 2 aromatic carbocycles. The Morgan fingerprint density at radius 2 is 1.66 bits per heavy atom. The van der Waals surface area contributed by atoms with E-state index in [0.717, 1.165) is 39.7 Å². The Morgan fingerprint density at radius 1 is 0.969 bits per heavy atom. The highest BCUT2D eigenvalue weighted by molar-refractivity contribution is 5.96. The van der Waals surface area contributed by atoms with Gasteiger partial charge in [0.2, 0.25) is 0 Å². The molecule has 0 aliphatic heterocycles. The summed E-state index contributed by atoms with van der Waals surface area (Å²) in [4.78, 5) is 12.8. The van der Waals surface area contributed by atoms with Crippen LogP contribution in [0.25, 0.3) is 11.4 Å². The minimum Gasteiger partial charge on any atom is -0.318 e. The Bertz CT molecular complexity index is 1300. The topological polar surface area (TPSA) is 64.2 Å². The molecule has 0 fully saturated rings. The third-order valence-corrected chi connectivity index (χ3v) is 5.47. The van der Waals surface area contributed by atoms with Crippen molar-refractivity contribution in [2.24, 2.45) is 5.10 Å². The molecule has 0 aliphatic rings. The number of benzene rings is 2. The number of hydrazone groups is 1. The lowest BCUT2D eigenvalue weighted by Crippen LogP contribution is -2.18. The van der Waals surface area contributed by atoms with E-state index < -0.39 is 0 Å². The number of amides is 1. The number of aryl methyl sites for hydroxylation is 2. The fourth-order valence-corrected chi connectivity index (χ4v) is 3.86. The van der Waals surface area contributed by atoms with Gasteiger partial charge in [0.1, 0.15) is 5.82 Å². The van der Waals surface area contributed by atoms with Gasteiger partial charge in [-0.3, -0.25) is 4.79 Å². The van der Waals surface area contributed by atoms with Crippen LogP contribution in [0.2, 0.25) is 0 Å². The average Bonchev–Trinajstić information content (AvgIpc) is 3.24. The van der Waals surface area contributed by atoms with Gasteiger partial charge in [0.05, 0.1) is 28.9 Å². The summed E-state index contributed by atoms with van der Waals surface area (Å²) in [6.45, 7) is 7.63. The van der Waals surface area contributed by atoms with E-state index in [1.807, 2.05) is 67.3 Å². The predicted octanol–water partition coefficient (Wildman–Crippen LogP) is 4.80. The van der Waals surface area contributed by atoms with Crippen molar-refractivity contribution in [1.29, 1.82) is 0 Å². The standard InChI is InChI=1S/C25H24FN5O/c1-16-14-23(18(3)30(16)21-12-10-20(26)11-13-21)25(32)28-27-15-24-17(2)29-31(19(24)4)22-8-6-5-7-9-22/h5-15H,1-4H3,(H,28,32)/b27-15+. The van der Waals surface area contributed by atoms with Crippen LogP contribution in [0.5, 0.6) is 0 Å². The molecule has 6 nitrogen and oxygen atoms in total. The summed E-state index contributed by atoms with van der Waals surface area (Å²) in [5.74, 6) is -0.613. The Labute approximate surface area is 186 Å². The largest absolute Gasteiger partial charge is 0.318 e. The zero-order valence-electron chi connectivity index (χ0n) is 18.4. The molecular formula is C25H24FN5O. The molecular weight excluding hydrogens is 405 g/mol. The number of carbonyl (C=O) groups is 1. The van der Waals surface area contributed by atoms with Gasteiger partial charge in [-0.05, 0) is 70.2 Å². The molecule has 32 heavy (non-hydrogen) atoms. The first kappa shape index (κ1) is 21.2. The van der Waals surface area contributed by atoms with E-state index in [1.165, 1.54) is 12.1 Å². The monoisotopic (exact) mass is 429 g/mol. The highest BCUT2D eigenvalue weighted by atomic mass is 19.1. The number of nitrogens with zero attached hydrogens (tertiary/aromatic N) is 4. The van der Waals surface area contributed by atoms with Crippen LogP contribution in [0.3, 0.4) is 0 Å². The molecule has 4 aromatic rings. The summed E-state index contributed by atoms with van der Waals surface area (Å²) in [5, 5.41) is 8.76. The molecule has 0 unspecified atom stereocenters. The van der Waals surface area contributed by atoms with E-state index in [2.05, 4.69) is 15.6 Å². The highest BCUT2D eigenvalue weighted by Crippen LogP contribution is 2.21. The summed E-state index contributed by atoms with van der Waals surface area (Å²) in [6.07, 6.45) is 1.62. The van der Waals surface area contributed by atoms with Gasteiger partial charge in [0, 0.05) is 22.6 Å². The third-order valence-electron chi connectivity index (χ3n) is 5.47. The smallest absolute Gasteiger partial charge is 0.273 e. The maximum Gasteiger partial charge on any atom is 0.273 e. The van der Waals surface area contributed by atoms with Crippen LogP contribution in [0.4, 0.5) is 4.39 Å². The van der Waals surface area contributed by atoms with Crippen molar-refractivity contribution in [1.82, 2.24) is 19.8 Å². The predicted molar refractivity (Wildman–Crippen MR) is 123 cm³/mol. The molecule has 0 bridgehead atoms. The molecule has 0 saturated heterocycles. The SMILES string of the molecule is Cc1nn(-c2ccccc2)c(C)c1/C=N/NC(=O)c1cc(C)n(-c2ccc(F)cc2)c1C. The molecule has 2 aromatic heterocycles. The van der Waals surface area contributed by atoms with Crippen molar-refractivity contribution >= 4 is 12.1 Å². The van der Waals surface area contributed by atoms with Gasteiger partial charge in [-0.1, -0.05) is 18.2 Å². The van der Waals surface area contributed by atoms with E-state index >= 15 is 0 Å². The Balaban J connectivity index is 1.54. The van der Waals surface area contributed by atoms with E-state index in [-0.39, 0.29) is 11.7 Å². The fraction of sp³-hybridized carbons (Fsp3) is 0.160. The van der Waals surface area contributed by atoms with Gasteiger partial charge >= 0.3 is 0 Å². The molecule has 0 atom stereocenters. The maximum atomic E-state index is 13.3. The number of carbonyl (C=O) groups excluding carboxylic acids is 1. The summed E-state index contributed by atoms with van der Waals surface area (Å²) < 4.78 is 17.0. The molecule has 0 radical (unpaired) electrons. The number of aromatic nitrogens is 3. The van der Waals surface area contributed by atoms with Crippen LogP contribution in [0.15, 0.2) is 65.8 Å². The van der Waals surface area contributed by atoms with Crippen molar-refractivity contribution in [3.05, 3.63) is 100 Å². The van der Waals surface area contributed by atoms with Gasteiger partial charge < -0.3 is 4.57 Å². The van der Waals surface area contributed by atoms with Crippen LogP contribution in [0.1, 0.15) is 38.7 Å². The van der Waals surface area contributed by atoms with Crippen molar-refractivity contribution in [2.45, 2.75) is 27.7 Å². The number of para-hydroxylation sites is 1. The van der Waals surface area contributed by atoms with Gasteiger partial charge in [0.25, 0.3) is 5.91 Å². The second-order valence-corrected chi connectivity index (χ2v) is 7.63. The minimum absolute atomic E-state index is 0.301. The molecule has 2 heterocycles. The number of nitrogens with one attached hydrogen (secondary N) is 1. The van der Waals surface area contributed by atoms with Crippen LogP contribution in [0, 0.1) is 33.5 Å². The lowest BCUT2D eigenvalue weighted by Gasteiger charge is -2.09. The number of halogens is 1. The minimum atomic E-state index is -0.312. The maximum absolute atomic E-state index is 13.3. The highest BCUT2D eigenvalue weighted by Gasteiger charge is 2.17. The van der Waals surface area contributed by atoms with Crippen LogP contribution in [-0.2, 0) is 0 Å². The van der Waals surface area contributed by atoms with Crippen LogP contribution in [-0.4, -0.2) is 26.5 Å². The zero-order valence-corrected chi connectivity index (χ0v) is 18.4. The molecule has 1 N–H and O–H groups in total. The second-order valence-electron chi connectivity index (χ2n) is 7.63. The lowest BCUT2D eigenvalue weighted by molar-refractivity contribution is 0.0954. The Morgan fingerprint density at radius 3 is 2.34 bits per heavy atom. The van der Waals surface area contributed by atoms with E-state index in [1.54, 1.807) is 24.4 Å². The van der Waals surface area contributed by atoms with Crippen molar-refractivity contribution < 1.29 is 9.18 Å². The quantitative estimate of drug-likeness (QED) is 0.366. The third kappa shape index (κ3) is 3.97. The second kappa shape index (κ2) is 8.63. The first-order valence-corrected chi connectivity index (χ1v) is 10.3. The summed E-state index contributed by atoms with van der Waals surface area (Å²) in [7, 11) is 0. The van der Waals surface area contributed by atoms with E-state index in [4.69, 9.17) is 0 Å². The van der Waals surface area contributed by atoms with Crippen LogP contribution >= 0.6 is 0 Å². The van der Waals surface area contributed by atoms with E-state index in [9.17, 15) is 9.18 Å². The molecule has 7 heteroatoms. The number of hydrogen-bond donors (Lipinski definition) is 1. The van der Waals surface area contributed by atoms with Crippen molar-refractivity contribution in [3.8, 4) is 11.4 Å². The normalized spacial score (nSPS) is 11.3. The molecule has 0 spiro atoms. The Hall–Kier alpha value is -4.00. The molecule has 4 rings (SSSR count). The summed E-state index contributed by atoms with van der Waals surface area (Å²) in [6, 6.07) is 17.8. The number of rotatable bonds is 5. The van der Waals surface area contributed by atoms with Crippen molar-refractivity contribution in [3.63, 3.8) is 0 Å². The molecule has 0 saturated carbocycles. The van der Waals surface area contributed by atoms with Gasteiger partial charge in [-0.25, -0.2) is 14.5 Å². The average molecular weight is 429 g/mol. The van der Waals surface area contributed by atoms with Gasteiger partial charge in [-0.2, -0.15) is 10.2 Å². The first-order valence-electron chi connectivity index (χ1n) is 10.3. The summed E-state index contributed by atoms with van der Waals surface area (Å²) in [5.41, 5.74) is 9.11. The van der Waals surface area contributed by atoms with Gasteiger partial charge in [-0.15, -0.1) is 0 Å². The summed E-state index contributed by atoms with van der Waals surface area (Å²) >= 11 is 0. The lowest BCUT2D eigenvalue weighted by atomic mass is 10.2. The first-order chi connectivity index (χ1) is 15.4. The number of hydrogen-bond acceptors (Lipinski definition) is 3. The van der Waals surface area contributed by atoms with Crippen molar-refractivity contribution in [2.75, 3.05) is 0 Å². The van der Waals surface area contributed by atoms with Gasteiger partial charge in [0.15, 0.2) is 0 Å². The van der Waals surface area contributed by atoms with E-state index in [0.29, 0.717) is 5.56 Å². The zero-order chi connectivity index (χ0) is 22.8. The molecule has 1 amide bonds. The fourth-order valence-electron chi connectivity index (χ4n) is 3.86. The molecule has 162 valence electrons. The Kier molecular flexibility index (Phi) is 5.73. The van der Waals surface area contributed by atoms with Crippen LogP contribution < -0.4 is 5.43 Å². The molecule has 0 aliphatic carbocycles.